The van der Waals surface area contributed by atoms with Crippen LogP contribution < -0.4 is 10.1 Å². The Morgan fingerprint density at radius 2 is 1.68 bits per heavy atom. The molecule has 0 aliphatic carbocycles. The molecule has 1 atom stereocenters. The second kappa shape index (κ2) is 12.8. The van der Waals surface area contributed by atoms with E-state index in [0.717, 1.165) is 16.7 Å². The van der Waals surface area contributed by atoms with Crippen LogP contribution in [0.4, 0.5) is 4.39 Å². The first-order chi connectivity index (χ1) is 16.5. The van der Waals surface area contributed by atoms with Crippen LogP contribution in [0.3, 0.4) is 0 Å². The van der Waals surface area contributed by atoms with Crippen LogP contribution in [0.5, 0.6) is 5.75 Å². The first-order valence-corrected chi connectivity index (χ1v) is 12.2. The Bertz CT molecular complexity index is 1080. The van der Waals surface area contributed by atoms with Gasteiger partial charge in [0.2, 0.25) is 11.8 Å². The number of benzene rings is 3. The molecule has 0 radical (unpaired) electrons. The zero-order valence-electron chi connectivity index (χ0n) is 19.4. The van der Waals surface area contributed by atoms with Gasteiger partial charge in [-0.25, -0.2) is 4.39 Å². The normalized spacial score (nSPS) is 11.5. The van der Waals surface area contributed by atoms with Gasteiger partial charge in [-0.3, -0.25) is 9.59 Å². The molecule has 0 saturated carbocycles. The highest BCUT2D eigenvalue weighted by Crippen LogP contribution is 2.20. The lowest BCUT2D eigenvalue weighted by Gasteiger charge is -2.31. The predicted octanol–water partition coefficient (Wildman–Crippen LogP) is 4.45. The predicted molar refractivity (Wildman–Crippen MR) is 134 cm³/mol. The lowest BCUT2D eigenvalue weighted by atomic mass is 10.0. The molecule has 34 heavy (non-hydrogen) atoms. The monoisotopic (exact) mass is 480 g/mol. The zero-order valence-corrected chi connectivity index (χ0v) is 20.2. The number of amides is 2. The molecule has 0 fully saturated rings. The van der Waals surface area contributed by atoms with E-state index in [1.807, 2.05) is 54.6 Å². The van der Waals surface area contributed by atoms with Crippen LogP contribution in [0.25, 0.3) is 0 Å². The fourth-order valence-corrected chi connectivity index (χ4v) is 4.48. The maximum absolute atomic E-state index is 13.4. The second-order valence-corrected chi connectivity index (χ2v) is 8.80. The van der Waals surface area contributed by atoms with Crippen molar-refractivity contribution in [3.05, 3.63) is 101 Å². The number of halogens is 1. The average molecular weight is 481 g/mol. The number of rotatable bonds is 11. The van der Waals surface area contributed by atoms with Gasteiger partial charge in [-0.15, -0.1) is 11.8 Å². The van der Waals surface area contributed by atoms with Crippen molar-refractivity contribution in [2.24, 2.45) is 0 Å². The van der Waals surface area contributed by atoms with E-state index in [2.05, 4.69) is 5.32 Å². The molecule has 5 nitrogen and oxygen atoms in total. The number of hydrogen-bond acceptors (Lipinski definition) is 4. The molecule has 0 heterocycles. The van der Waals surface area contributed by atoms with E-state index in [9.17, 15) is 14.0 Å². The molecule has 2 amide bonds. The van der Waals surface area contributed by atoms with Crippen molar-refractivity contribution in [1.82, 2.24) is 10.2 Å². The summed E-state index contributed by atoms with van der Waals surface area (Å²) in [6.07, 6.45) is 0.402. The summed E-state index contributed by atoms with van der Waals surface area (Å²) in [6, 6.07) is 22.7. The molecule has 0 aliphatic rings. The van der Waals surface area contributed by atoms with Crippen molar-refractivity contribution in [3.63, 3.8) is 0 Å². The molecule has 3 aromatic carbocycles. The quantitative estimate of drug-likeness (QED) is 0.441. The smallest absolute Gasteiger partial charge is 0.242 e. The molecule has 0 unspecified atom stereocenters. The van der Waals surface area contributed by atoms with Crippen molar-refractivity contribution in [1.29, 1.82) is 0 Å². The van der Waals surface area contributed by atoms with Gasteiger partial charge in [0.1, 0.15) is 17.6 Å². The van der Waals surface area contributed by atoms with Gasteiger partial charge in [0.15, 0.2) is 0 Å². The summed E-state index contributed by atoms with van der Waals surface area (Å²) in [5.41, 5.74) is 2.78. The maximum atomic E-state index is 13.4. The number of carbonyl (C=O) groups is 2. The Labute approximate surface area is 204 Å². The molecule has 0 aliphatic heterocycles. The largest absolute Gasteiger partial charge is 0.497 e. The Kier molecular flexibility index (Phi) is 9.52. The van der Waals surface area contributed by atoms with Crippen LogP contribution in [0, 0.1) is 5.82 Å². The van der Waals surface area contributed by atoms with Crippen molar-refractivity contribution < 1.29 is 18.7 Å². The minimum atomic E-state index is -0.669. The molecule has 0 spiro atoms. The molecule has 178 valence electrons. The third-order valence-electron chi connectivity index (χ3n) is 5.41. The lowest BCUT2D eigenvalue weighted by Crippen LogP contribution is -2.50. The molecular weight excluding hydrogens is 451 g/mol. The summed E-state index contributed by atoms with van der Waals surface area (Å²) in [5.74, 6) is 0.813. The van der Waals surface area contributed by atoms with E-state index in [0.29, 0.717) is 17.9 Å². The van der Waals surface area contributed by atoms with Gasteiger partial charge < -0.3 is 15.0 Å². The molecule has 3 aromatic rings. The summed E-state index contributed by atoms with van der Waals surface area (Å²) in [7, 11) is 3.18. The molecule has 0 aromatic heterocycles. The highest BCUT2D eigenvalue weighted by molar-refractivity contribution is 7.99. The van der Waals surface area contributed by atoms with E-state index in [1.54, 1.807) is 31.2 Å². The van der Waals surface area contributed by atoms with Crippen molar-refractivity contribution in [2.75, 3.05) is 19.9 Å². The van der Waals surface area contributed by atoms with Crippen LogP contribution in [0.2, 0.25) is 0 Å². The number of hydrogen-bond donors (Lipinski definition) is 1. The Hall–Kier alpha value is -3.32. The second-order valence-electron chi connectivity index (χ2n) is 7.81. The number of nitrogens with one attached hydrogen (secondary N) is 1. The number of thioether (sulfide) groups is 1. The van der Waals surface area contributed by atoms with Crippen molar-refractivity contribution in [2.45, 2.75) is 24.8 Å². The number of methoxy groups -OCH3 is 1. The van der Waals surface area contributed by atoms with Crippen LogP contribution in [0.1, 0.15) is 16.7 Å². The Morgan fingerprint density at radius 1 is 0.971 bits per heavy atom. The van der Waals surface area contributed by atoms with E-state index in [-0.39, 0.29) is 29.9 Å². The highest BCUT2D eigenvalue weighted by Gasteiger charge is 2.29. The molecular formula is C27H29FN2O3S. The van der Waals surface area contributed by atoms with Gasteiger partial charge in [-0.2, -0.15) is 0 Å². The highest BCUT2D eigenvalue weighted by atomic mass is 32.2. The molecule has 0 bridgehead atoms. The van der Waals surface area contributed by atoms with Crippen LogP contribution in [0.15, 0.2) is 78.9 Å². The van der Waals surface area contributed by atoms with Crippen LogP contribution >= 0.6 is 11.8 Å². The SMILES string of the molecule is CNC(=O)[C@@H](Cc1ccccc1)N(Cc1cccc(OC)c1)C(=O)CSCc1ccc(F)cc1. The van der Waals surface area contributed by atoms with Crippen LogP contribution in [-0.4, -0.2) is 42.7 Å². The average Bonchev–Trinajstić information content (AvgIpc) is 2.87. The summed E-state index contributed by atoms with van der Waals surface area (Å²) in [6.45, 7) is 0.276. The fraction of sp³-hybridized carbons (Fsp3) is 0.259. The molecule has 3 rings (SSSR count). The first-order valence-electron chi connectivity index (χ1n) is 11.0. The molecule has 1 N–H and O–H groups in total. The number of nitrogens with zero attached hydrogens (tertiary/aromatic N) is 1. The Morgan fingerprint density at radius 3 is 2.35 bits per heavy atom. The Balaban J connectivity index is 1.81. The van der Waals surface area contributed by atoms with Gasteiger partial charge in [0.05, 0.1) is 12.9 Å². The van der Waals surface area contributed by atoms with E-state index < -0.39 is 6.04 Å². The van der Waals surface area contributed by atoms with Gasteiger partial charge in [0.25, 0.3) is 0 Å². The summed E-state index contributed by atoms with van der Waals surface area (Å²) in [5, 5.41) is 2.72. The summed E-state index contributed by atoms with van der Waals surface area (Å²) in [4.78, 5) is 28.0. The number of ether oxygens (including phenoxy) is 1. The van der Waals surface area contributed by atoms with Crippen LogP contribution in [-0.2, 0) is 28.3 Å². The fourth-order valence-electron chi connectivity index (χ4n) is 3.61. The summed E-state index contributed by atoms with van der Waals surface area (Å²) >= 11 is 1.44. The summed E-state index contributed by atoms with van der Waals surface area (Å²) < 4.78 is 18.5. The first kappa shape index (κ1) is 25.3. The van der Waals surface area contributed by atoms with Crippen molar-refractivity contribution >= 4 is 23.6 Å². The maximum Gasteiger partial charge on any atom is 0.242 e. The molecule has 0 saturated heterocycles. The standard InChI is InChI=1S/C27H29FN2O3S/c1-29-27(32)25(16-20-7-4-3-5-8-20)30(17-22-9-6-10-24(15-22)33-2)26(31)19-34-18-21-11-13-23(28)14-12-21/h3-15,25H,16-19H2,1-2H3,(H,29,32)/t25-/m1/s1. The topological polar surface area (TPSA) is 58.6 Å². The zero-order chi connectivity index (χ0) is 24.3. The van der Waals surface area contributed by atoms with Crippen molar-refractivity contribution in [3.8, 4) is 5.75 Å². The van der Waals surface area contributed by atoms with Gasteiger partial charge in [-0.05, 0) is 41.0 Å². The van der Waals surface area contributed by atoms with Gasteiger partial charge in [0, 0.05) is 25.8 Å². The third kappa shape index (κ3) is 7.35. The number of carbonyl (C=O) groups excluding carboxylic acids is 2. The van der Waals surface area contributed by atoms with E-state index in [4.69, 9.17) is 4.74 Å². The molecule has 7 heteroatoms. The minimum absolute atomic E-state index is 0.139. The van der Waals surface area contributed by atoms with Gasteiger partial charge in [-0.1, -0.05) is 54.6 Å². The van der Waals surface area contributed by atoms with E-state index in [1.165, 1.54) is 23.9 Å². The van der Waals surface area contributed by atoms with Gasteiger partial charge >= 0.3 is 0 Å². The minimum Gasteiger partial charge on any atom is -0.497 e. The number of likely N-dealkylation sites (N-methyl/N-ethyl adjacent to an activating group) is 1. The third-order valence-corrected chi connectivity index (χ3v) is 6.40. The van der Waals surface area contributed by atoms with E-state index >= 15 is 0 Å². The lowest BCUT2D eigenvalue weighted by molar-refractivity contribution is -0.139.